The van der Waals surface area contributed by atoms with Crippen molar-refractivity contribution in [3.05, 3.63) is 62.8 Å². The summed E-state index contributed by atoms with van der Waals surface area (Å²) in [6.45, 7) is 1.46. The van der Waals surface area contributed by atoms with E-state index in [0.717, 1.165) is 10.6 Å². The zero-order chi connectivity index (χ0) is 20.0. The molecule has 0 unspecified atom stereocenters. The molecular weight excluding hydrogens is 401 g/mol. The Labute approximate surface area is 161 Å². The molecular formula is C18H12Cl2F2N2O3. The van der Waals surface area contributed by atoms with Gasteiger partial charge in [-0.25, -0.2) is 8.78 Å². The predicted octanol–water partition coefficient (Wildman–Crippen LogP) is 3.96. The maximum Gasteiger partial charge on any atom is 0.262 e. The predicted molar refractivity (Wildman–Crippen MR) is 97.3 cm³/mol. The number of benzene rings is 2. The highest BCUT2D eigenvalue weighted by atomic mass is 35.5. The second-order valence-corrected chi connectivity index (χ2v) is 6.71. The molecule has 5 nitrogen and oxygen atoms in total. The van der Waals surface area contributed by atoms with Gasteiger partial charge < -0.3 is 10.8 Å². The summed E-state index contributed by atoms with van der Waals surface area (Å²) < 4.78 is 29.5. The van der Waals surface area contributed by atoms with Crippen molar-refractivity contribution in [2.45, 2.75) is 13.3 Å². The molecule has 0 aliphatic carbocycles. The summed E-state index contributed by atoms with van der Waals surface area (Å²) in [5.74, 6) is -5.14. The number of hydrogen-bond acceptors (Lipinski definition) is 3. The van der Waals surface area contributed by atoms with Crippen molar-refractivity contribution in [2.75, 3.05) is 0 Å². The first kappa shape index (κ1) is 19.1. The van der Waals surface area contributed by atoms with Gasteiger partial charge in [0, 0.05) is 22.7 Å². The Hall–Kier alpha value is -2.64. The maximum atomic E-state index is 14.5. The molecule has 2 aromatic carbocycles. The number of halogens is 4. The van der Waals surface area contributed by atoms with E-state index in [9.17, 15) is 23.5 Å². The fourth-order valence-electron chi connectivity index (χ4n) is 2.97. The van der Waals surface area contributed by atoms with E-state index in [-0.39, 0.29) is 37.8 Å². The number of nitrogens with two attached hydrogens (primary N) is 1. The van der Waals surface area contributed by atoms with Crippen molar-refractivity contribution in [1.82, 2.24) is 4.57 Å². The number of aromatic nitrogens is 1. The minimum atomic E-state index is -1.27. The Morgan fingerprint density at radius 2 is 1.85 bits per heavy atom. The number of rotatable bonds is 3. The van der Waals surface area contributed by atoms with Gasteiger partial charge in [0.1, 0.15) is 0 Å². The van der Waals surface area contributed by atoms with E-state index in [4.69, 9.17) is 28.9 Å². The van der Waals surface area contributed by atoms with E-state index in [1.807, 2.05) is 0 Å². The molecule has 1 heterocycles. The van der Waals surface area contributed by atoms with Crippen LogP contribution in [0.15, 0.2) is 24.3 Å². The summed E-state index contributed by atoms with van der Waals surface area (Å²) >= 11 is 11.8. The smallest absolute Gasteiger partial charge is 0.262 e. The SMILES string of the molecule is Cc1c(CC(N)=O)c2c(F)c(O)c(F)cc2n1C(=O)c1ccc(Cl)c(Cl)c1. The van der Waals surface area contributed by atoms with Crippen LogP contribution >= 0.6 is 23.2 Å². The second-order valence-electron chi connectivity index (χ2n) is 5.89. The average molecular weight is 413 g/mol. The highest BCUT2D eigenvalue weighted by Crippen LogP contribution is 2.35. The van der Waals surface area contributed by atoms with Gasteiger partial charge in [-0.3, -0.25) is 14.2 Å². The first-order chi connectivity index (χ1) is 12.6. The van der Waals surface area contributed by atoms with Crippen molar-refractivity contribution in [2.24, 2.45) is 5.73 Å². The number of phenols is 1. The quantitative estimate of drug-likeness (QED) is 0.682. The van der Waals surface area contributed by atoms with Gasteiger partial charge in [0.2, 0.25) is 5.91 Å². The Morgan fingerprint density at radius 1 is 1.19 bits per heavy atom. The summed E-state index contributed by atoms with van der Waals surface area (Å²) in [4.78, 5) is 24.4. The lowest BCUT2D eigenvalue weighted by Crippen LogP contribution is -2.16. The zero-order valence-electron chi connectivity index (χ0n) is 13.8. The maximum absolute atomic E-state index is 14.5. The van der Waals surface area contributed by atoms with Gasteiger partial charge in [0.25, 0.3) is 5.91 Å². The van der Waals surface area contributed by atoms with Crippen LogP contribution in [0.25, 0.3) is 10.9 Å². The summed E-state index contributed by atoms with van der Waals surface area (Å²) in [6, 6.07) is 4.96. The van der Waals surface area contributed by atoms with Crippen molar-refractivity contribution in [3.63, 3.8) is 0 Å². The molecule has 0 radical (unpaired) electrons. The van der Waals surface area contributed by atoms with E-state index in [2.05, 4.69) is 0 Å². The third kappa shape index (κ3) is 3.13. The lowest BCUT2D eigenvalue weighted by atomic mass is 10.1. The van der Waals surface area contributed by atoms with Gasteiger partial charge in [-0.2, -0.15) is 0 Å². The van der Waals surface area contributed by atoms with E-state index in [1.54, 1.807) is 0 Å². The largest absolute Gasteiger partial charge is 0.503 e. The first-order valence-corrected chi connectivity index (χ1v) is 8.38. The van der Waals surface area contributed by atoms with Crippen LogP contribution in [0, 0.1) is 18.6 Å². The minimum absolute atomic E-state index is 0.0821. The molecule has 1 aromatic heterocycles. The third-order valence-electron chi connectivity index (χ3n) is 4.21. The van der Waals surface area contributed by atoms with E-state index >= 15 is 0 Å². The number of carbonyl (C=O) groups excluding carboxylic acids is 2. The summed E-state index contributed by atoms with van der Waals surface area (Å²) in [7, 11) is 0. The molecule has 27 heavy (non-hydrogen) atoms. The zero-order valence-corrected chi connectivity index (χ0v) is 15.3. The molecule has 0 aliphatic rings. The molecule has 1 amide bonds. The van der Waals surface area contributed by atoms with Gasteiger partial charge in [-0.15, -0.1) is 0 Å². The average Bonchev–Trinajstić information content (AvgIpc) is 2.86. The number of amides is 1. The van der Waals surface area contributed by atoms with Crippen LogP contribution in [0.1, 0.15) is 21.6 Å². The molecule has 0 fully saturated rings. The lowest BCUT2D eigenvalue weighted by molar-refractivity contribution is -0.117. The van der Waals surface area contributed by atoms with Gasteiger partial charge in [-0.05, 0) is 30.7 Å². The Balaban J connectivity index is 2.35. The van der Waals surface area contributed by atoms with Crippen LogP contribution in [0.4, 0.5) is 8.78 Å². The van der Waals surface area contributed by atoms with Gasteiger partial charge in [-0.1, -0.05) is 23.2 Å². The standard InChI is InChI=1S/C18H12Cl2F2N2O3/c1-7-9(5-14(23)25)15-13(6-12(21)17(26)16(15)22)24(7)18(27)8-2-3-10(19)11(20)4-8/h2-4,6,26H,5H2,1H3,(H2,23,25). The van der Waals surface area contributed by atoms with Gasteiger partial charge >= 0.3 is 0 Å². The molecule has 0 saturated carbocycles. The fourth-order valence-corrected chi connectivity index (χ4v) is 3.26. The Kier molecular flexibility index (Phi) is 4.84. The molecule has 0 saturated heterocycles. The third-order valence-corrected chi connectivity index (χ3v) is 4.95. The molecule has 9 heteroatoms. The number of aromatic hydroxyl groups is 1. The topological polar surface area (TPSA) is 85.3 Å². The number of carbonyl (C=O) groups is 2. The van der Waals surface area contributed by atoms with Crippen LogP contribution < -0.4 is 5.73 Å². The fraction of sp³-hybridized carbons (Fsp3) is 0.111. The number of fused-ring (bicyclic) bond motifs is 1. The van der Waals surface area contributed by atoms with Crippen LogP contribution in [-0.2, 0) is 11.2 Å². The van der Waals surface area contributed by atoms with Crippen LogP contribution in [0.5, 0.6) is 5.75 Å². The highest BCUT2D eigenvalue weighted by molar-refractivity contribution is 6.42. The molecule has 0 atom stereocenters. The van der Waals surface area contributed by atoms with E-state index < -0.39 is 35.6 Å². The molecule has 3 N–H and O–H groups in total. The summed E-state index contributed by atoms with van der Waals surface area (Å²) in [5.41, 5.74) is 5.45. The summed E-state index contributed by atoms with van der Waals surface area (Å²) in [5, 5.41) is 9.71. The van der Waals surface area contributed by atoms with Crippen molar-refractivity contribution >= 4 is 45.9 Å². The minimum Gasteiger partial charge on any atom is -0.503 e. The molecule has 0 aliphatic heterocycles. The summed E-state index contributed by atoms with van der Waals surface area (Å²) in [6.07, 6.45) is -0.397. The van der Waals surface area contributed by atoms with Crippen molar-refractivity contribution < 1.29 is 23.5 Å². The van der Waals surface area contributed by atoms with Crippen molar-refractivity contribution in [3.8, 4) is 5.75 Å². The lowest BCUT2D eigenvalue weighted by Gasteiger charge is -2.09. The Morgan fingerprint density at radius 3 is 2.44 bits per heavy atom. The monoisotopic (exact) mass is 412 g/mol. The van der Waals surface area contributed by atoms with Crippen LogP contribution in [0.2, 0.25) is 10.0 Å². The van der Waals surface area contributed by atoms with Crippen LogP contribution in [-0.4, -0.2) is 21.5 Å². The highest BCUT2D eigenvalue weighted by Gasteiger charge is 2.26. The molecule has 0 spiro atoms. The number of primary amides is 1. The molecule has 3 aromatic rings. The normalized spacial score (nSPS) is 11.1. The van der Waals surface area contributed by atoms with Gasteiger partial charge in [0.05, 0.1) is 22.0 Å². The Bertz CT molecular complexity index is 1130. The van der Waals surface area contributed by atoms with E-state index in [1.165, 1.54) is 25.1 Å². The van der Waals surface area contributed by atoms with Crippen molar-refractivity contribution in [1.29, 1.82) is 0 Å². The number of phenolic OH excluding ortho intramolecular Hbond substituents is 1. The van der Waals surface area contributed by atoms with Crippen LogP contribution in [0.3, 0.4) is 0 Å². The van der Waals surface area contributed by atoms with Gasteiger partial charge in [0.15, 0.2) is 17.4 Å². The second kappa shape index (κ2) is 6.83. The number of hydrogen-bond donors (Lipinski definition) is 2. The number of nitrogens with zero attached hydrogens (tertiary/aromatic N) is 1. The van der Waals surface area contributed by atoms with E-state index in [0.29, 0.717) is 0 Å². The molecule has 0 bridgehead atoms. The first-order valence-electron chi connectivity index (χ1n) is 7.62. The molecule has 3 rings (SSSR count). The molecule has 140 valence electrons.